The van der Waals surface area contributed by atoms with Gasteiger partial charge in [-0.1, -0.05) is 0 Å². The van der Waals surface area contributed by atoms with Gasteiger partial charge in [-0.25, -0.2) is 4.79 Å². The predicted octanol–water partition coefficient (Wildman–Crippen LogP) is 1.06. The van der Waals surface area contributed by atoms with Gasteiger partial charge in [0.2, 0.25) is 11.8 Å². The van der Waals surface area contributed by atoms with E-state index in [9.17, 15) is 15.0 Å². The van der Waals surface area contributed by atoms with E-state index in [0.29, 0.717) is 4.73 Å². The Morgan fingerprint density at radius 1 is 1.17 bits per heavy atom. The first-order valence-electron chi connectivity index (χ1n) is 5.00. The summed E-state index contributed by atoms with van der Waals surface area (Å²) in [6, 6.07) is 5.70. The van der Waals surface area contributed by atoms with Crippen LogP contribution in [0, 0.1) is 0 Å². The van der Waals surface area contributed by atoms with Crippen LogP contribution in [0.15, 0.2) is 36.7 Å². The molecule has 2 aromatic heterocycles. The van der Waals surface area contributed by atoms with Crippen molar-refractivity contribution in [1.29, 1.82) is 0 Å². The summed E-state index contributed by atoms with van der Waals surface area (Å²) in [4.78, 5) is 19.7. The van der Waals surface area contributed by atoms with Crippen molar-refractivity contribution in [2.75, 3.05) is 0 Å². The molecule has 0 atom stereocenters. The Labute approximate surface area is 102 Å². The van der Waals surface area contributed by atoms with Gasteiger partial charge < -0.3 is 14.9 Å². The van der Waals surface area contributed by atoms with E-state index in [2.05, 4.69) is 9.82 Å². The minimum absolute atomic E-state index is 0.00411. The summed E-state index contributed by atoms with van der Waals surface area (Å²) in [5, 5.41) is 18.5. The number of pyridine rings is 1. The molecule has 0 unspecified atom stereocenters. The lowest BCUT2D eigenvalue weighted by molar-refractivity contribution is 0.0310. The van der Waals surface area contributed by atoms with Crippen LogP contribution in [0.3, 0.4) is 0 Å². The zero-order chi connectivity index (χ0) is 13.0. The first-order valence-corrected chi connectivity index (χ1v) is 5.00. The summed E-state index contributed by atoms with van der Waals surface area (Å²) in [7, 11) is 0. The molecule has 0 amide bonds. The maximum absolute atomic E-state index is 11.3. The van der Waals surface area contributed by atoms with Crippen LogP contribution >= 0.6 is 0 Å². The van der Waals surface area contributed by atoms with Gasteiger partial charge in [-0.05, 0) is 17.7 Å². The molecule has 0 saturated carbocycles. The highest BCUT2D eigenvalue weighted by atomic mass is 16.8. The normalized spacial score (nSPS) is 10.0. The van der Waals surface area contributed by atoms with Crippen LogP contribution < -0.4 is 4.84 Å². The summed E-state index contributed by atoms with van der Waals surface area (Å²) in [6.07, 6.45) is 2.08. The minimum atomic E-state index is -1.05. The number of hydrogen-bond donors (Lipinski definition) is 2. The molecule has 0 saturated heterocycles. The van der Waals surface area contributed by atoms with Gasteiger partial charge in [0, 0.05) is 24.5 Å². The molecule has 0 aromatic carbocycles. The molecule has 0 radical (unpaired) electrons. The van der Waals surface area contributed by atoms with Gasteiger partial charge in [0.25, 0.3) is 0 Å². The van der Waals surface area contributed by atoms with Gasteiger partial charge in [-0.3, -0.25) is 9.82 Å². The first kappa shape index (κ1) is 11.8. The second-order valence-electron chi connectivity index (χ2n) is 3.33. The van der Waals surface area contributed by atoms with Gasteiger partial charge in [-0.2, -0.15) is 0 Å². The number of rotatable bonds is 3. The number of hydrogen-bond acceptors (Lipinski definition) is 6. The Kier molecular flexibility index (Phi) is 3.33. The van der Waals surface area contributed by atoms with Crippen molar-refractivity contribution in [3.05, 3.63) is 42.2 Å². The van der Waals surface area contributed by atoms with Crippen molar-refractivity contribution in [3.8, 4) is 11.8 Å². The van der Waals surface area contributed by atoms with E-state index in [0.717, 1.165) is 5.56 Å². The summed E-state index contributed by atoms with van der Waals surface area (Å²) in [5.41, 5.74) is 0.739. The fourth-order valence-electron chi connectivity index (χ4n) is 1.22. The fraction of sp³-hybridized carbons (Fsp3) is 0.0909. The monoisotopic (exact) mass is 250 g/mol. The van der Waals surface area contributed by atoms with E-state index in [1.807, 2.05) is 0 Å². The number of nitrogens with zero attached hydrogens (tertiary/aromatic N) is 2. The third-order valence-electron chi connectivity index (χ3n) is 2.07. The molecule has 18 heavy (non-hydrogen) atoms. The topological polar surface area (TPSA) is 93.8 Å². The van der Waals surface area contributed by atoms with E-state index in [1.54, 1.807) is 24.5 Å². The van der Waals surface area contributed by atoms with Gasteiger partial charge in [0.15, 0.2) is 0 Å². The Morgan fingerprint density at radius 3 is 2.39 bits per heavy atom. The molecule has 0 aliphatic carbocycles. The van der Waals surface area contributed by atoms with E-state index in [-0.39, 0.29) is 6.61 Å². The molecule has 2 aromatic rings. The van der Waals surface area contributed by atoms with Crippen LogP contribution in [-0.2, 0) is 11.3 Å². The van der Waals surface area contributed by atoms with Crippen LogP contribution in [-0.4, -0.2) is 26.1 Å². The van der Waals surface area contributed by atoms with Gasteiger partial charge in [-0.15, -0.1) is 4.73 Å². The van der Waals surface area contributed by atoms with Crippen molar-refractivity contribution >= 4 is 6.16 Å². The van der Waals surface area contributed by atoms with Crippen molar-refractivity contribution in [2.24, 2.45) is 0 Å². The Morgan fingerprint density at radius 2 is 1.78 bits per heavy atom. The smallest absolute Gasteiger partial charge is 0.492 e. The van der Waals surface area contributed by atoms with E-state index in [1.165, 1.54) is 12.1 Å². The number of aromatic nitrogens is 2. The third kappa shape index (κ3) is 2.70. The molecule has 0 aliphatic heterocycles. The zero-order valence-corrected chi connectivity index (χ0v) is 9.18. The van der Waals surface area contributed by atoms with Crippen LogP contribution in [0.2, 0.25) is 0 Å². The second kappa shape index (κ2) is 5.09. The maximum atomic E-state index is 11.3. The number of carbonyl (C=O) groups is 1. The first-order chi connectivity index (χ1) is 8.66. The molecule has 94 valence electrons. The van der Waals surface area contributed by atoms with Crippen LogP contribution in [0.4, 0.5) is 4.79 Å². The van der Waals surface area contributed by atoms with Crippen LogP contribution in [0.5, 0.6) is 11.8 Å². The molecule has 2 rings (SSSR count). The SMILES string of the molecule is O=C(OCc1ccncc1)On1c(O)ccc1O. The predicted molar refractivity (Wildman–Crippen MR) is 58.8 cm³/mol. The number of ether oxygens (including phenoxy) is 1. The van der Waals surface area contributed by atoms with E-state index in [4.69, 9.17) is 4.74 Å². The standard InChI is InChI=1S/C11H10N2O5/c14-9-1-2-10(15)13(9)18-11(16)17-7-8-3-5-12-6-4-8/h1-6,14-15H,7H2. The van der Waals surface area contributed by atoms with Crippen molar-refractivity contribution in [3.63, 3.8) is 0 Å². The van der Waals surface area contributed by atoms with Crippen molar-refractivity contribution in [2.45, 2.75) is 6.61 Å². The summed E-state index contributed by atoms with van der Waals surface area (Å²) < 4.78 is 5.33. The lowest BCUT2D eigenvalue weighted by Crippen LogP contribution is -2.20. The largest absolute Gasteiger partial charge is 0.534 e. The molecule has 7 heteroatoms. The Balaban J connectivity index is 1.90. The summed E-state index contributed by atoms with van der Waals surface area (Å²) >= 11 is 0. The van der Waals surface area contributed by atoms with Crippen LogP contribution in [0.1, 0.15) is 5.56 Å². The highest BCUT2D eigenvalue weighted by Crippen LogP contribution is 2.18. The minimum Gasteiger partial charge on any atom is -0.492 e. The summed E-state index contributed by atoms with van der Waals surface area (Å²) in [5.74, 6) is -0.818. The molecule has 0 fully saturated rings. The van der Waals surface area contributed by atoms with Gasteiger partial charge in [0.1, 0.15) is 6.61 Å². The third-order valence-corrected chi connectivity index (χ3v) is 2.07. The number of carbonyl (C=O) groups excluding carboxylic acids is 1. The average molecular weight is 250 g/mol. The fourth-order valence-corrected chi connectivity index (χ4v) is 1.22. The van der Waals surface area contributed by atoms with Crippen molar-refractivity contribution < 1.29 is 24.6 Å². The quantitative estimate of drug-likeness (QED) is 0.791. The van der Waals surface area contributed by atoms with Crippen molar-refractivity contribution in [1.82, 2.24) is 9.71 Å². The molecule has 0 spiro atoms. The second-order valence-corrected chi connectivity index (χ2v) is 3.33. The number of aromatic hydroxyl groups is 2. The molecule has 2 N–H and O–H groups in total. The van der Waals surface area contributed by atoms with E-state index < -0.39 is 17.9 Å². The molecule has 7 nitrogen and oxygen atoms in total. The molecular weight excluding hydrogens is 240 g/mol. The molecule has 2 heterocycles. The Hall–Kier alpha value is -2.70. The Bertz CT molecular complexity index is 518. The molecular formula is C11H10N2O5. The highest BCUT2D eigenvalue weighted by Gasteiger charge is 2.13. The van der Waals surface area contributed by atoms with Crippen LogP contribution in [0.25, 0.3) is 0 Å². The zero-order valence-electron chi connectivity index (χ0n) is 9.18. The maximum Gasteiger partial charge on any atom is 0.534 e. The molecule has 0 aliphatic rings. The van der Waals surface area contributed by atoms with E-state index >= 15 is 0 Å². The van der Waals surface area contributed by atoms with Gasteiger partial charge >= 0.3 is 6.16 Å². The lowest BCUT2D eigenvalue weighted by Gasteiger charge is -2.07. The van der Waals surface area contributed by atoms with Gasteiger partial charge in [0.05, 0.1) is 0 Å². The summed E-state index contributed by atoms with van der Waals surface area (Å²) in [6.45, 7) is 0.00411. The lowest BCUT2D eigenvalue weighted by atomic mass is 10.3. The highest BCUT2D eigenvalue weighted by molar-refractivity contribution is 5.60. The average Bonchev–Trinajstić information content (AvgIpc) is 2.69. The molecule has 0 bridgehead atoms.